The summed E-state index contributed by atoms with van der Waals surface area (Å²) in [5.41, 5.74) is 1.15. The van der Waals surface area contributed by atoms with E-state index in [1.165, 1.54) is 0 Å². The molecule has 0 radical (unpaired) electrons. The maximum Gasteiger partial charge on any atom is 0.241 e. The lowest BCUT2D eigenvalue weighted by atomic mass is 10.2. The molecule has 1 heterocycles. The van der Waals surface area contributed by atoms with Gasteiger partial charge in [-0.3, -0.25) is 4.79 Å². The predicted octanol–water partition coefficient (Wildman–Crippen LogP) is 2.19. The van der Waals surface area contributed by atoms with Crippen LogP contribution in [0.15, 0.2) is 36.1 Å². The van der Waals surface area contributed by atoms with E-state index in [0.717, 1.165) is 25.2 Å². The highest BCUT2D eigenvalue weighted by Crippen LogP contribution is 2.12. The van der Waals surface area contributed by atoms with Gasteiger partial charge in [-0.05, 0) is 19.4 Å². The Labute approximate surface area is 104 Å². The summed E-state index contributed by atoms with van der Waals surface area (Å²) in [5, 5.41) is 0. The van der Waals surface area contributed by atoms with E-state index in [4.69, 9.17) is 0 Å². The minimum atomic E-state index is 0.192. The average molecular weight is 234 g/mol. The number of likely N-dealkylation sites (N-methyl/N-ethyl adjacent to an activating group) is 1. The number of piperazine rings is 1. The van der Waals surface area contributed by atoms with Gasteiger partial charge >= 0.3 is 0 Å². The molecule has 1 rings (SSSR count). The molecule has 0 atom stereocenters. The fourth-order valence-corrected chi connectivity index (χ4v) is 1.76. The van der Waals surface area contributed by atoms with Crippen LogP contribution in [0.3, 0.4) is 0 Å². The van der Waals surface area contributed by atoms with Gasteiger partial charge in [0.25, 0.3) is 0 Å². The van der Waals surface area contributed by atoms with Gasteiger partial charge < -0.3 is 9.80 Å². The Balaban J connectivity index is 2.72. The molecule has 1 fully saturated rings. The zero-order valence-electron chi connectivity index (χ0n) is 11.0. The van der Waals surface area contributed by atoms with E-state index in [1.807, 2.05) is 32.2 Å². The number of amides is 1. The Morgan fingerprint density at radius 3 is 2.71 bits per heavy atom. The van der Waals surface area contributed by atoms with Crippen LogP contribution in [0.5, 0.6) is 0 Å². The van der Waals surface area contributed by atoms with Crippen LogP contribution < -0.4 is 0 Å². The molecular weight excluding hydrogens is 212 g/mol. The molecule has 0 aromatic heterocycles. The number of hydrogen-bond acceptors (Lipinski definition) is 2. The molecule has 0 N–H and O–H groups in total. The summed E-state index contributed by atoms with van der Waals surface area (Å²) in [7, 11) is 1.86. The molecule has 1 saturated heterocycles. The molecule has 3 heteroatoms. The molecule has 0 aromatic carbocycles. The van der Waals surface area contributed by atoms with Crippen LogP contribution in [0, 0.1) is 0 Å². The smallest absolute Gasteiger partial charge is 0.241 e. The number of hydrogen-bond donors (Lipinski definition) is 0. The van der Waals surface area contributed by atoms with Crippen LogP contribution in [0.4, 0.5) is 0 Å². The van der Waals surface area contributed by atoms with E-state index in [0.29, 0.717) is 6.54 Å². The molecule has 1 amide bonds. The Bertz CT molecular complexity index is 342. The van der Waals surface area contributed by atoms with Crippen molar-refractivity contribution in [2.24, 2.45) is 0 Å². The minimum Gasteiger partial charge on any atom is -0.361 e. The Hall–Kier alpha value is -1.51. The molecule has 0 aromatic rings. The predicted molar refractivity (Wildman–Crippen MR) is 71.5 cm³/mol. The molecule has 1 aliphatic rings. The van der Waals surface area contributed by atoms with Crippen molar-refractivity contribution in [3.05, 3.63) is 36.1 Å². The van der Waals surface area contributed by atoms with Gasteiger partial charge in [-0.1, -0.05) is 31.2 Å². The summed E-state index contributed by atoms with van der Waals surface area (Å²) < 4.78 is 0. The summed E-state index contributed by atoms with van der Waals surface area (Å²) >= 11 is 0. The van der Waals surface area contributed by atoms with Crippen LogP contribution >= 0.6 is 0 Å². The summed E-state index contributed by atoms with van der Waals surface area (Å²) in [6.45, 7) is 6.31. The Morgan fingerprint density at radius 2 is 2.12 bits per heavy atom. The number of rotatable bonds is 4. The van der Waals surface area contributed by atoms with E-state index < -0.39 is 0 Å². The first-order valence-corrected chi connectivity index (χ1v) is 6.17. The van der Waals surface area contributed by atoms with Gasteiger partial charge in [-0.2, -0.15) is 0 Å². The Kier molecular flexibility index (Phi) is 5.53. The number of carbonyl (C=O) groups is 1. The highest BCUT2D eigenvalue weighted by atomic mass is 16.2. The van der Waals surface area contributed by atoms with Gasteiger partial charge in [0.15, 0.2) is 0 Å². The largest absolute Gasteiger partial charge is 0.361 e. The van der Waals surface area contributed by atoms with Gasteiger partial charge in [0.05, 0.1) is 6.54 Å². The van der Waals surface area contributed by atoms with E-state index in [2.05, 4.69) is 24.0 Å². The van der Waals surface area contributed by atoms with E-state index >= 15 is 0 Å². The van der Waals surface area contributed by atoms with Crippen LogP contribution in [0.2, 0.25) is 0 Å². The molecule has 1 aliphatic heterocycles. The Morgan fingerprint density at radius 1 is 1.35 bits per heavy atom. The third-order valence-corrected chi connectivity index (χ3v) is 2.81. The van der Waals surface area contributed by atoms with E-state index in [1.54, 1.807) is 4.90 Å². The van der Waals surface area contributed by atoms with Gasteiger partial charge in [-0.25, -0.2) is 0 Å². The second kappa shape index (κ2) is 6.94. The molecular formula is C14H22N2O. The van der Waals surface area contributed by atoms with E-state index in [-0.39, 0.29) is 5.91 Å². The van der Waals surface area contributed by atoms with Gasteiger partial charge in [-0.15, -0.1) is 0 Å². The SMILES string of the molecule is C\C=C/C=C\C(=C/CC)N1CCN(C)C(=O)C1. The zero-order valence-corrected chi connectivity index (χ0v) is 11.0. The highest BCUT2D eigenvalue weighted by molar-refractivity contribution is 5.79. The van der Waals surface area contributed by atoms with Crippen molar-refractivity contribution in [3.8, 4) is 0 Å². The summed E-state index contributed by atoms with van der Waals surface area (Å²) in [4.78, 5) is 15.6. The van der Waals surface area contributed by atoms with Crippen molar-refractivity contribution < 1.29 is 4.79 Å². The summed E-state index contributed by atoms with van der Waals surface area (Å²) in [6.07, 6.45) is 11.2. The average Bonchev–Trinajstić information content (AvgIpc) is 2.32. The van der Waals surface area contributed by atoms with Crippen LogP contribution in [-0.2, 0) is 4.79 Å². The second-order valence-electron chi connectivity index (χ2n) is 4.16. The van der Waals surface area contributed by atoms with E-state index in [9.17, 15) is 4.79 Å². The summed E-state index contributed by atoms with van der Waals surface area (Å²) in [6, 6.07) is 0. The molecule has 0 unspecified atom stereocenters. The lowest BCUT2D eigenvalue weighted by Gasteiger charge is -2.34. The van der Waals surface area contributed by atoms with Crippen molar-refractivity contribution in [3.63, 3.8) is 0 Å². The molecule has 94 valence electrons. The lowest BCUT2D eigenvalue weighted by molar-refractivity contribution is -0.133. The van der Waals surface area contributed by atoms with Crippen molar-refractivity contribution in [1.29, 1.82) is 0 Å². The quantitative estimate of drug-likeness (QED) is 0.696. The lowest BCUT2D eigenvalue weighted by Crippen LogP contribution is -2.47. The van der Waals surface area contributed by atoms with Gasteiger partial charge in [0.1, 0.15) is 0 Å². The maximum absolute atomic E-state index is 11.7. The molecule has 3 nitrogen and oxygen atoms in total. The molecule has 17 heavy (non-hydrogen) atoms. The van der Waals surface area contributed by atoms with Crippen molar-refractivity contribution in [2.75, 3.05) is 26.7 Å². The second-order valence-corrected chi connectivity index (χ2v) is 4.16. The van der Waals surface area contributed by atoms with Gasteiger partial charge in [0.2, 0.25) is 5.91 Å². The maximum atomic E-state index is 11.7. The van der Waals surface area contributed by atoms with Crippen LogP contribution in [0.25, 0.3) is 0 Å². The first kappa shape index (κ1) is 13.6. The molecule has 0 bridgehead atoms. The van der Waals surface area contributed by atoms with Crippen molar-refractivity contribution in [1.82, 2.24) is 9.80 Å². The number of nitrogens with zero attached hydrogens (tertiary/aromatic N) is 2. The van der Waals surface area contributed by atoms with Gasteiger partial charge in [0, 0.05) is 25.8 Å². The summed E-state index contributed by atoms with van der Waals surface area (Å²) in [5.74, 6) is 0.192. The number of allylic oxidation sites excluding steroid dienone is 5. The van der Waals surface area contributed by atoms with Crippen molar-refractivity contribution in [2.45, 2.75) is 20.3 Å². The zero-order chi connectivity index (χ0) is 12.7. The molecule has 0 saturated carbocycles. The first-order chi connectivity index (χ1) is 8.19. The molecule has 0 spiro atoms. The standard InChI is InChI=1S/C14H22N2O/c1-4-6-7-9-13(8-5-2)16-11-10-15(3)14(17)12-16/h4,6-9H,5,10-12H2,1-3H3/b6-4-,9-7-,13-8+. The first-order valence-electron chi connectivity index (χ1n) is 6.17. The number of carbonyl (C=O) groups excluding carboxylic acids is 1. The fourth-order valence-electron chi connectivity index (χ4n) is 1.76. The monoisotopic (exact) mass is 234 g/mol. The van der Waals surface area contributed by atoms with Crippen LogP contribution in [0.1, 0.15) is 20.3 Å². The normalized spacial score (nSPS) is 18.8. The molecule has 0 aliphatic carbocycles. The highest BCUT2D eigenvalue weighted by Gasteiger charge is 2.21. The van der Waals surface area contributed by atoms with Crippen molar-refractivity contribution >= 4 is 5.91 Å². The third-order valence-electron chi connectivity index (χ3n) is 2.81. The van der Waals surface area contributed by atoms with Crippen LogP contribution in [-0.4, -0.2) is 42.4 Å². The topological polar surface area (TPSA) is 23.6 Å². The minimum absolute atomic E-state index is 0.192. The fraction of sp³-hybridized carbons (Fsp3) is 0.500. The third kappa shape index (κ3) is 4.10.